The number of hydrogen-bond acceptors (Lipinski definition) is 2. The molecule has 1 radical (unpaired) electrons. The van der Waals surface area contributed by atoms with Gasteiger partial charge in [-0.15, -0.1) is 6.04 Å². The molecule has 3 nitrogen and oxygen atoms in total. The minimum Gasteiger partial charge on any atom is -0.673 e. The zero-order valence-electron chi connectivity index (χ0n) is 16.4. The zero-order valence-corrected chi connectivity index (χ0v) is 17.4. The van der Waals surface area contributed by atoms with E-state index in [9.17, 15) is 5.11 Å². The summed E-state index contributed by atoms with van der Waals surface area (Å²) in [5, 5.41) is 10.9. The maximum atomic E-state index is 10.9. The molecule has 25 heavy (non-hydrogen) atoms. The largest absolute Gasteiger partial charge is 0.673 e. The smallest absolute Gasteiger partial charge is 0.126 e. The van der Waals surface area contributed by atoms with Crippen molar-refractivity contribution in [1.29, 1.82) is 0 Å². The van der Waals surface area contributed by atoms with Crippen molar-refractivity contribution in [1.82, 2.24) is 0 Å². The normalized spacial score (nSPS) is 23.4. The molecule has 4 heteroatoms. The molecule has 0 aliphatic heterocycles. The van der Waals surface area contributed by atoms with Crippen molar-refractivity contribution in [3.8, 4) is 5.75 Å². The van der Waals surface area contributed by atoms with Crippen LogP contribution in [-0.2, 0) is 27.6 Å². The van der Waals surface area contributed by atoms with Crippen LogP contribution in [0.3, 0.4) is 0 Å². The predicted octanol–water partition coefficient (Wildman–Crippen LogP) is 5.30. The first-order chi connectivity index (χ1) is 10.9. The average Bonchev–Trinajstić information content (AvgIpc) is 2.43. The van der Waals surface area contributed by atoms with E-state index >= 15 is 0 Å². The van der Waals surface area contributed by atoms with Gasteiger partial charge in [0.05, 0.1) is 0 Å². The summed E-state index contributed by atoms with van der Waals surface area (Å²) in [5.74, 6) is 0.349. The van der Waals surface area contributed by atoms with Crippen LogP contribution < -0.4 is 5.73 Å². The molecule has 2 unspecified atom stereocenters. The molecular formula is C21H33CoN2O-. The van der Waals surface area contributed by atoms with Crippen LogP contribution in [0.5, 0.6) is 5.75 Å². The monoisotopic (exact) mass is 388 g/mol. The summed E-state index contributed by atoms with van der Waals surface area (Å²) in [7, 11) is 0. The Morgan fingerprint density at radius 2 is 1.72 bits per heavy atom. The third-order valence-electron chi connectivity index (χ3n) is 5.00. The molecule has 4 N–H and O–H groups in total. The molecule has 2 rings (SSSR count). The number of rotatable bonds is 1. The average molecular weight is 388 g/mol. The number of phenols is 1. The third kappa shape index (κ3) is 5.10. The maximum Gasteiger partial charge on any atom is 0.126 e. The fraction of sp³-hybridized carbons (Fsp3) is 0.619. The van der Waals surface area contributed by atoms with Gasteiger partial charge in [0.2, 0.25) is 0 Å². The second-order valence-electron chi connectivity index (χ2n) is 9.21. The number of aromatic hydroxyl groups is 1. The second kappa shape index (κ2) is 7.83. The summed E-state index contributed by atoms with van der Waals surface area (Å²) < 4.78 is 0. The van der Waals surface area contributed by atoms with Crippen LogP contribution in [0, 0.1) is 0 Å². The SMILES string of the molecule is CC(C)(C)c1cc(C=C2CCCC([NH-])C2N)c(O)c(C(C)(C)C)c1.[Co]. The van der Waals surface area contributed by atoms with Crippen LogP contribution in [-0.4, -0.2) is 17.2 Å². The van der Waals surface area contributed by atoms with E-state index < -0.39 is 0 Å². The molecule has 0 saturated heterocycles. The molecule has 1 aromatic carbocycles. The van der Waals surface area contributed by atoms with Gasteiger partial charge in [0, 0.05) is 33.9 Å². The molecule has 1 aliphatic rings. The number of nitrogens with one attached hydrogen (secondary N) is 1. The first kappa shape index (κ1) is 22.2. The first-order valence-electron chi connectivity index (χ1n) is 8.96. The van der Waals surface area contributed by atoms with Crippen molar-refractivity contribution in [2.24, 2.45) is 5.73 Å². The summed E-state index contributed by atoms with van der Waals surface area (Å²) in [6, 6.07) is 3.75. The van der Waals surface area contributed by atoms with Crippen LogP contribution in [0.1, 0.15) is 77.5 Å². The Labute approximate surface area is 163 Å². The van der Waals surface area contributed by atoms with Crippen molar-refractivity contribution in [3.05, 3.63) is 40.1 Å². The molecule has 0 spiro atoms. The van der Waals surface area contributed by atoms with Gasteiger partial charge in [-0.05, 0) is 28.9 Å². The summed E-state index contributed by atoms with van der Waals surface area (Å²) in [4.78, 5) is 0. The number of phenolic OH excluding ortho intramolecular Hbond substituents is 1. The number of benzene rings is 1. The van der Waals surface area contributed by atoms with Gasteiger partial charge in [-0.1, -0.05) is 72.1 Å². The molecule has 0 amide bonds. The fourth-order valence-corrected chi connectivity index (χ4v) is 3.27. The molecule has 1 aliphatic carbocycles. The molecule has 1 aromatic rings. The van der Waals surface area contributed by atoms with Crippen molar-refractivity contribution in [2.45, 2.75) is 83.7 Å². The van der Waals surface area contributed by atoms with E-state index in [1.54, 1.807) is 0 Å². The Kier molecular flexibility index (Phi) is 6.96. The fourth-order valence-electron chi connectivity index (χ4n) is 3.27. The van der Waals surface area contributed by atoms with E-state index in [4.69, 9.17) is 11.5 Å². The Bertz CT molecular complexity index is 639. The van der Waals surface area contributed by atoms with E-state index in [0.29, 0.717) is 5.75 Å². The summed E-state index contributed by atoms with van der Waals surface area (Å²) in [6.07, 6.45) is 4.81. The van der Waals surface area contributed by atoms with Crippen LogP contribution in [0.2, 0.25) is 0 Å². The van der Waals surface area contributed by atoms with Gasteiger partial charge in [0.25, 0.3) is 0 Å². The van der Waals surface area contributed by atoms with E-state index in [0.717, 1.165) is 36.0 Å². The van der Waals surface area contributed by atoms with Crippen molar-refractivity contribution >= 4 is 6.08 Å². The molecule has 0 aromatic heterocycles. The second-order valence-corrected chi connectivity index (χ2v) is 9.21. The molecule has 2 atom stereocenters. The number of hydrogen-bond donors (Lipinski definition) is 2. The van der Waals surface area contributed by atoms with Gasteiger partial charge in [0.15, 0.2) is 0 Å². The molecule has 143 valence electrons. The summed E-state index contributed by atoms with van der Waals surface area (Å²) in [5.41, 5.74) is 18.3. The summed E-state index contributed by atoms with van der Waals surface area (Å²) >= 11 is 0. The van der Waals surface area contributed by atoms with Crippen molar-refractivity contribution < 1.29 is 21.9 Å². The van der Waals surface area contributed by atoms with Gasteiger partial charge < -0.3 is 16.6 Å². The Hall–Kier alpha value is -0.814. The molecule has 1 saturated carbocycles. The summed E-state index contributed by atoms with van der Waals surface area (Å²) in [6.45, 7) is 12.9. The predicted molar refractivity (Wildman–Crippen MR) is 103 cm³/mol. The zero-order chi connectivity index (χ0) is 18.3. The van der Waals surface area contributed by atoms with Crippen LogP contribution in [0.25, 0.3) is 11.8 Å². The van der Waals surface area contributed by atoms with Crippen LogP contribution in [0.15, 0.2) is 17.7 Å². The third-order valence-corrected chi connectivity index (χ3v) is 5.00. The topological polar surface area (TPSA) is 70.0 Å². The first-order valence-corrected chi connectivity index (χ1v) is 8.96. The molecular weight excluding hydrogens is 355 g/mol. The van der Waals surface area contributed by atoms with Crippen LogP contribution >= 0.6 is 0 Å². The maximum absolute atomic E-state index is 10.9. The standard InChI is InChI=1S/C21H33N2O.Co/c1-20(2,3)15-11-14(19(24)16(12-15)21(4,5)6)10-13-8-7-9-17(22)18(13)23;/h10-12,17-18,22,24H,7-9,23H2,1-6H3;/q-1;. The molecule has 0 bridgehead atoms. The Morgan fingerprint density at radius 3 is 2.24 bits per heavy atom. The van der Waals surface area contributed by atoms with Crippen molar-refractivity contribution in [2.75, 3.05) is 0 Å². The van der Waals surface area contributed by atoms with Gasteiger partial charge in [0.1, 0.15) is 5.75 Å². The van der Waals surface area contributed by atoms with E-state index in [1.165, 1.54) is 5.56 Å². The van der Waals surface area contributed by atoms with Gasteiger partial charge in [-0.25, -0.2) is 0 Å². The van der Waals surface area contributed by atoms with E-state index in [-0.39, 0.29) is 39.7 Å². The van der Waals surface area contributed by atoms with Gasteiger partial charge in [-0.2, -0.15) is 0 Å². The van der Waals surface area contributed by atoms with E-state index in [2.05, 4.69) is 53.7 Å². The molecule has 1 fully saturated rings. The van der Waals surface area contributed by atoms with E-state index in [1.807, 2.05) is 6.08 Å². The minimum absolute atomic E-state index is 0. The quantitative estimate of drug-likeness (QED) is 0.685. The van der Waals surface area contributed by atoms with Gasteiger partial charge >= 0.3 is 0 Å². The Balaban J connectivity index is 0.00000312. The number of nitrogens with two attached hydrogens (primary N) is 1. The minimum atomic E-state index is -0.236. The van der Waals surface area contributed by atoms with Gasteiger partial charge in [-0.3, -0.25) is 0 Å². The molecule has 0 heterocycles. The Morgan fingerprint density at radius 1 is 1.12 bits per heavy atom. The van der Waals surface area contributed by atoms with Crippen LogP contribution in [0.4, 0.5) is 0 Å². The van der Waals surface area contributed by atoms with Crippen molar-refractivity contribution in [3.63, 3.8) is 0 Å².